The second-order valence-electron chi connectivity index (χ2n) is 4.39. The lowest BCUT2D eigenvalue weighted by Gasteiger charge is -2.16. The molecule has 2 heterocycles. The first kappa shape index (κ1) is 16.3. The lowest BCUT2D eigenvalue weighted by molar-refractivity contribution is -0.159. The number of carboxylic acid groups (broad SMARTS) is 1. The third kappa shape index (κ3) is 3.75. The Morgan fingerprint density at radius 3 is 2.73 bits per heavy atom. The summed E-state index contributed by atoms with van der Waals surface area (Å²) in [4.78, 5) is 16.6. The summed E-state index contributed by atoms with van der Waals surface area (Å²) in [6.45, 7) is 2.40. The van der Waals surface area contributed by atoms with Gasteiger partial charge < -0.3 is 14.5 Å². The second-order valence-corrected chi connectivity index (χ2v) is 5.56. The molecule has 6 nitrogen and oxygen atoms in total. The van der Waals surface area contributed by atoms with Gasteiger partial charge in [-0.3, -0.25) is 0 Å². The average molecular weight is 335 g/mol. The van der Waals surface area contributed by atoms with Crippen molar-refractivity contribution in [2.75, 3.05) is 6.54 Å². The molecule has 0 fully saturated rings. The van der Waals surface area contributed by atoms with E-state index in [0.717, 1.165) is 11.3 Å². The number of carbonyl (C=O) groups is 1. The van der Waals surface area contributed by atoms with Crippen molar-refractivity contribution in [3.05, 3.63) is 22.9 Å². The van der Waals surface area contributed by atoms with Crippen LogP contribution in [-0.2, 0) is 12.7 Å². The molecule has 10 heteroatoms. The van der Waals surface area contributed by atoms with E-state index in [1.165, 1.54) is 11.0 Å². The molecule has 0 aliphatic carbocycles. The molecule has 0 bridgehead atoms. The van der Waals surface area contributed by atoms with E-state index in [9.17, 15) is 18.0 Å². The first-order valence-electron chi connectivity index (χ1n) is 6.29. The Morgan fingerprint density at radius 1 is 1.45 bits per heavy atom. The van der Waals surface area contributed by atoms with Crippen molar-refractivity contribution in [3.8, 4) is 10.7 Å². The standard InChI is InChI=1S/C12H12F3N3O3S/c1-2-5-18(11(19)20)6-7-3-4-8(22-7)9-16-10(21-17-9)12(13,14)15/h3-4H,2,5-6H2,1H3,(H,19,20). The van der Waals surface area contributed by atoms with E-state index in [4.69, 9.17) is 5.11 Å². The fourth-order valence-corrected chi connectivity index (χ4v) is 2.67. The van der Waals surface area contributed by atoms with E-state index in [2.05, 4.69) is 14.7 Å². The highest BCUT2D eigenvalue weighted by Gasteiger charge is 2.38. The number of nitrogens with zero attached hydrogens (tertiary/aromatic N) is 3. The molecule has 0 radical (unpaired) electrons. The van der Waals surface area contributed by atoms with Crippen molar-refractivity contribution in [3.63, 3.8) is 0 Å². The first-order valence-corrected chi connectivity index (χ1v) is 7.10. The number of aromatic nitrogens is 2. The van der Waals surface area contributed by atoms with E-state index in [-0.39, 0.29) is 12.4 Å². The molecule has 0 spiro atoms. The highest BCUT2D eigenvalue weighted by atomic mass is 32.1. The Morgan fingerprint density at radius 2 is 2.18 bits per heavy atom. The molecule has 0 saturated heterocycles. The van der Waals surface area contributed by atoms with E-state index < -0.39 is 18.2 Å². The molecule has 2 aromatic rings. The minimum Gasteiger partial charge on any atom is -0.465 e. The number of amides is 1. The lowest BCUT2D eigenvalue weighted by Crippen LogP contribution is -2.29. The van der Waals surface area contributed by atoms with Gasteiger partial charge in [-0.05, 0) is 18.6 Å². The van der Waals surface area contributed by atoms with E-state index in [0.29, 0.717) is 22.7 Å². The van der Waals surface area contributed by atoms with E-state index in [1.807, 2.05) is 6.92 Å². The molecule has 0 aliphatic rings. The first-order chi connectivity index (χ1) is 10.3. The number of thiophene rings is 1. The maximum absolute atomic E-state index is 12.4. The van der Waals surface area contributed by atoms with Crippen LogP contribution >= 0.6 is 11.3 Å². The van der Waals surface area contributed by atoms with Crippen LogP contribution < -0.4 is 0 Å². The normalized spacial score (nSPS) is 11.6. The highest BCUT2D eigenvalue weighted by Crippen LogP contribution is 2.32. The fourth-order valence-electron chi connectivity index (χ4n) is 1.72. The zero-order chi connectivity index (χ0) is 16.3. The topological polar surface area (TPSA) is 79.5 Å². The molecule has 0 aromatic carbocycles. The van der Waals surface area contributed by atoms with Crippen LogP contribution in [0.1, 0.15) is 24.1 Å². The van der Waals surface area contributed by atoms with Gasteiger partial charge in [0.15, 0.2) is 0 Å². The average Bonchev–Trinajstić information content (AvgIpc) is 3.05. The molecule has 1 N–H and O–H groups in total. The van der Waals surface area contributed by atoms with Crippen molar-refractivity contribution < 1.29 is 27.6 Å². The van der Waals surface area contributed by atoms with Gasteiger partial charge in [-0.25, -0.2) is 4.79 Å². The summed E-state index contributed by atoms with van der Waals surface area (Å²) >= 11 is 1.12. The second kappa shape index (κ2) is 6.34. The number of hydrogen-bond donors (Lipinski definition) is 1. The predicted octanol–water partition coefficient (Wildman–Crippen LogP) is 3.71. The van der Waals surface area contributed by atoms with Gasteiger partial charge in [0, 0.05) is 11.4 Å². The Bertz CT molecular complexity index is 653. The molecule has 0 saturated carbocycles. The molecule has 2 rings (SSSR count). The van der Waals surface area contributed by atoms with Crippen molar-refractivity contribution >= 4 is 17.4 Å². The SMILES string of the molecule is CCCN(Cc1ccc(-c2noc(C(F)(F)F)n2)s1)C(=O)O. The van der Waals surface area contributed by atoms with Gasteiger partial charge in [0.2, 0.25) is 5.82 Å². The van der Waals surface area contributed by atoms with E-state index >= 15 is 0 Å². The maximum Gasteiger partial charge on any atom is 0.471 e. The highest BCUT2D eigenvalue weighted by molar-refractivity contribution is 7.15. The minimum absolute atomic E-state index is 0.165. The van der Waals surface area contributed by atoms with Crippen LogP contribution in [0.25, 0.3) is 10.7 Å². The van der Waals surface area contributed by atoms with Gasteiger partial charge in [0.25, 0.3) is 0 Å². The lowest BCUT2D eigenvalue weighted by atomic mass is 10.3. The summed E-state index contributed by atoms with van der Waals surface area (Å²) in [7, 11) is 0. The number of hydrogen-bond acceptors (Lipinski definition) is 5. The fraction of sp³-hybridized carbons (Fsp3) is 0.417. The Labute approximate surface area is 127 Å². The van der Waals surface area contributed by atoms with Crippen molar-refractivity contribution in [2.24, 2.45) is 0 Å². The van der Waals surface area contributed by atoms with Crippen molar-refractivity contribution in [1.82, 2.24) is 15.0 Å². The van der Waals surface area contributed by atoms with Crippen LogP contribution in [-0.4, -0.2) is 32.8 Å². The molecule has 2 aromatic heterocycles. The summed E-state index contributed by atoms with van der Waals surface area (Å²) in [5.74, 6) is -1.57. The predicted molar refractivity (Wildman–Crippen MR) is 71.3 cm³/mol. The Balaban J connectivity index is 2.14. The number of halogens is 3. The molecule has 0 aliphatic heterocycles. The monoisotopic (exact) mass is 335 g/mol. The van der Waals surface area contributed by atoms with Crippen LogP contribution in [0.15, 0.2) is 16.7 Å². The molecular formula is C12H12F3N3O3S. The number of rotatable bonds is 5. The molecule has 120 valence electrons. The smallest absolute Gasteiger partial charge is 0.465 e. The zero-order valence-corrected chi connectivity index (χ0v) is 12.2. The van der Waals surface area contributed by atoms with Crippen molar-refractivity contribution in [2.45, 2.75) is 26.1 Å². The quantitative estimate of drug-likeness (QED) is 0.901. The third-order valence-corrected chi connectivity index (χ3v) is 3.73. The molecule has 1 amide bonds. The summed E-state index contributed by atoms with van der Waals surface area (Å²) in [5.41, 5.74) is 0. The minimum atomic E-state index is -4.69. The van der Waals surface area contributed by atoms with Gasteiger partial charge in [0.1, 0.15) is 0 Å². The maximum atomic E-state index is 12.4. The summed E-state index contributed by atoms with van der Waals surface area (Å²) in [5, 5.41) is 12.3. The largest absolute Gasteiger partial charge is 0.471 e. The van der Waals surface area contributed by atoms with Crippen LogP contribution in [0.3, 0.4) is 0 Å². The number of alkyl halides is 3. The van der Waals surface area contributed by atoms with E-state index in [1.54, 1.807) is 6.07 Å². The zero-order valence-electron chi connectivity index (χ0n) is 11.4. The van der Waals surface area contributed by atoms with Gasteiger partial charge in [-0.15, -0.1) is 11.3 Å². The van der Waals surface area contributed by atoms with Crippen LogP contribution in [0.2, 0.25) is 0 Å². The molecule has 0 unspecified atom stereocenters. The van der Waals surface area contributed by atoms with Crippen LogP contribution in [0.4, 0.5) is 18.0 Å². The molecular weight excluding hydrogens is 323 g/mol. The van der Waals surface area contributed by atoms with Gasteiger partial charge in [0.05, 0.1) is 11.4 Å². The molecule has 0 atom stereocenters. The summed E-state index contributed by atoms with van der Waals surface area (Å²) in [6.07, 6.45) is -5.06. The Hall–Kier alpha value is -2.10. The summed E-state index contributed by atoms with van der Waals surface area (Å²) in [6, 6.07) is 3.17. The van der Waals surface area contributed by atoms with Crippen molar-refractivity contribution in [1.29, 1.82) is 0 Å². The van der Waals surface area contributed by atoms with Gasteiger partial charge in [-0.2, -0.15) is 18.2 Å². The van der Waals surface area contributed by atoms with Gasteiger partial charge in [-0.1, -0.05) is 12.1 Å². The third-order valence-electron chi connectivity index (χ3n) is 2.66. The molecule has 22 heavy (non-hydrogen) atoms. The summed E-state index contributed by atoms with van der Waals surface area (Å²) < 4.78 is 41.4. The van der Waals surface area contributed by atoms with Crippen LogP contribution in [0.5, 0.6) is 0 Å². The van der Waals surface area contributed by atoms with Gasteiger partial charge >= 0.3 is 18.2 Å². The van der Waals surface area contributed by atoms with Crippen LogP contribution in [0, 0.1) is 0 Å². The Kier molecular flexibility index (Phi) is 4.69.